The van der Waals surface area contributed by atoms with Gasteiger partial charge in [0.1, 0.15) is 11.5 Å². The maximum absolute atomic E-state index is 12.2. The Bertz CT molecular complexity index is 649. The van der Waals surface area contributed by atoms with E-state index in [1.807, 2.05) is 26.8 Å². The minimum atomic E-state index is -0.195. The van der Waals surface area contributed by atoms with Gasteiger partial charge < -0.3 is 15.5 Å². The first kappa shape index (κ1) is 14.5. The Morgan fingerprint density at radius 3 is 2.60 bits per heavy atom. The summed E-state index contributed by atoms with van der Waals surface area (Å²) in [5.41, 5.74) is 7.55. The summed E-state index contributed by atoms with van der Waals surface area (Å²) in [7, 11) is 0. The van der Waals surface area contributed by atoms with Crippen LogP contribution in [-0.4, -0.2) is 5.91 Å². The number of furan rings is 1. The fourth-order valence-electron chi connectivity index (χ4n) is 2.12. The van der Waals surface area contributed by atoms with E-state index in [2.05, 4.69) is 5.32 Å². The SMILES string of the molecule is Cc1cc(C(C)NC(=O)c2ccc(Cl)c(N)c2)c(C)o1. The van der Waals surface area contributed by atoms with Crippen molar-refractivity contribution in [3.05, 3.63) is 51.9 Å². The molecule has 1 atom stereocenters. The molecule has 1 aromatic carbocycles. The van der Waals surface area contributed by atoms with Crippen molar-refractivity contribution in [2.75, 3.05) is 5.73 Å². The number of nitrogens with one attached hydrogen (secondary N) is 1. The van der Waals surface area contributed by atoms with Gasteiger partial charge in [0, 0.05) is 11.1 Å². The molecule has 0 spiro atoms. The van der Waals surface area contributed by atoms with Gasteiger partial charge in [-0.3, -0.25) is 4.79 Å². The first-order chi connectivity index (χ1) is 9.38. The fraction of sp³-hybridized carbons (Fsp3) is 0.267. The number of benzene rings is 1. The molecule has 0 saturated heterocycles. The van der Waals surface area contributed by atoms with E-state index in [9.17, 15) is 4.79 Å². The van der Waals surface area contributed by atoms with Crippen LogP contribution in [0, 0.1) is 13.8 Å². The summed E-state index contributed by atoms with van der Waals surface area (Å²) >= 11 is 5.84. The maximum atomic E-state index is 12.2. The van der Waals surface area contributed by atoms with E-state index in [1.54, 1.807) is 18.2 Å². The zero-order valence-corrected chi connectivity index (χ0v) is 12.4. The molecule has 1 heterocycles. The van der Waals surface area contributed by atoms with Crippen LogP contribution in [0.5, 0.6) is 0 Å². The smallest absolute Gasteiger partial charge is 0.251 e. The summed E-state index contributed by atoms with van der Waals surface area (Å²) in [6.45, 7) is 5.67. The van der Waals surface area contributed by atoms with Crippen molar-refractivity contribution >= 4 is 23.2 Å². The second kappa shape index (κ2) is 5.59. The largest absolute Gasteiger partial charge is 0.466 e. The molecule has 0 aliphatic rings. The predicted molar refractivity (Wildman–Crippen MR) is 79.9 cm³/mol. The number of carbonyl (C=O) groups excluding carboxylic acids is 1. The monoisotopic (exact) mass is 292 g/mol. The number of nitrogen functional groups attached to an aromatic ring is 1. The topological polar surface area (TPSA) is 68.3 Å². The molecule has 5 heteroatoms. The second-order valence-corrected chi connectivity index (χ2v) is 5.21. The van der Waals surface area contributed by atoms with E-state index >= 15 is 0 Å². The van der Waals surface area contributed by atoms with Crippen LogP contribution >= 0.6 is 11.6 Å². The van der Waals surface area contributed by atoms with Crippen molar-refractivity contribution in [2.45, 2.75) is 26.8 Å². The van der Waals surface area contributed by atoms with Crippen LogP contribution in [0.4, 0.5) is 5.69 Å². The molecule has 2 rings (SSSR count). The molecule has 0 aliphatic heterocycles. The van der Waals surface area contributed by atoms with Crippen LogP contribution in [0.25, 0.3) is 0 Å². The second-order valence-electron chi connectivity index (χ2n) is 4.80. The van der Waals surface area contributed by atoms with Gasteiger partial charge in [0.25, 0.3) is 5.91 Å². The molecule has 0 radical (unpaired) electrons. The molecule has 3 N–H and O–H groups in total. The number of halogens is 1. The Morgan fingerprint density at radius 2 is 2.05 bits per heavy atom. The molecule has 1 amide bonds. The van der Waals surface area contributed by atoms with Gasteiger partial charge in [-0.15, -0.1) is 0 Å². The van der Waals surface area contributed by atoms with E-state index in [4.69, 9.17) is 21.8 Å². The third-order valence-electron chi connectivity index (χ3n) is 3.15. The van der Waals surface area contributed by atoms with E-state index < -0.39 is 0 Å². The lowest BCUT2D eigenvalue weighted by Gasteiger charge is -2.13. The molecule has 20 heavy (non-hydrogen) atoms. The van der Waals surface area contributed by atoms with E-state index in [0.29, 0.717) is 16.3 Å². The third-order valence-corrected chi connectivity index (χ3v) is 3.50. The Kier molecular flexibility index (Phi) is 4.04. The lowest BCUT2D eigenvalue weighted by atomic mass is 10.1. The summed E-state index contributed by atoms with van der Waals surface area (Å²) in [6.07, 6.45) is 0. The normalized spacial score (nSPS) is 12.2. The standard InChI is InChI=1S/C15H17ClN2O2/c1-8-6-12(10(3)20-8)9(2)18-15(19)11-4-5-13(16)14(17)7-11/h4-7,9H,17H2,1-3H3,(H,18,19). The first-order valence-electron chi connectivity index (χ1n) is 6.31. The number of nitrogens with two attached hydrogens (primary N) is 1. The zero-order chi connectivity index (χ0) is 14.9. The van der Waals surface area contributed by atoms with Crippen LogP contribution in [0.15, 0.2) is 28.7 Å². The van der Waals surface area contributed by atoms with E-state index in [-0.39, 0.29) is 11.9 Å². The van der Waals surface area contributed by atoms with Crippen molar-refractivity contribution in [3.63, 3.8) is 0 Å². The summed E-state index contributed by atoms with van der Waals surface area (Å²) in [5, 5.41) is 3.36. The number of carbonyl (C=O) groups is 1. The van der Waals surface area contributed by atoms with E-state index in [1.165, 1.54) is 0 Å². The van der Waals surface area contributed by atoms with Crippen molar-refractivity contribution < 1.29 is 9.21 Å². The van der Waals surface area contributed by atoms with Crippen molar-refractivity contribution in [3.8, 4) is 0 Å². The number of hydrogen-bond donors (Lipinski definition) is 2. The molecule has 0 aliphatic carbocycles. The number of hydrogen-bond acceptors (Lipinski definition) is 3. The van der Waals surface area contributed by atoms with Gasteiger partial charge >= 0.3 is 0 Å². The number of anilines is 1. The Balaban J connectivity index is 2.15. The Labute approximate surface area is 122 Å². The van der Waals surface area contributed by atoms with E-state index in [0.717, 1.165) is 17.1 Å². The van der Waals surface area contributed by atoms with Gasteiger partial charge in [0.2, 0.25) is 0 Å². The van der Waals surface area contributed by atoms with Gasteiger partial charge in [-0.25, -0.2) is 0 Å². The highest BCUT2D eigenvalue weighted by Crippen LogP contribution is 2.23. The first-order valence-corrected chi connectivity index (χ1v) is 6.69. The minimum absolute atomic E-state index is 0.142. The van der Waals surface area contributed by atoms with Gasteiger partial charge in [-0.05, 0) is 45.0 Å². The maximum Gasteiger partial charge on any atom is 0.251 e. The van der Waals surface area contributed by atoms with Crippen molar-refractivity contribution in [1.82, 2.24) is 5.32 Å². The lowest BCUT2D eigenvalue weighted by molar-refractivity contribution is 0.0940. The van der Waals surface area contributed by atoms with Gasteiger partial charge in [-0.1, -0.05) is 11.6 Å². The quantitative estimate of drug-likeness (QED) is 0.849. The molecule has 1 unspecified atom stereocenters. The molecule has 1 aromatic heterocycles. The third kappa shape index (κ3) is 2.96. The molecule has 0 fully saturated rings. The van der Waals surface area contributed by atoms with Crippen LogP contribution in [-0.2, 0) is 0 Å². The molecule has 0 bridgehead atoms. The molecular formula is C15H17ClN2O2. The molecule has 4 nitrogen and oxygen atoms in total. The van der Waals surface area contributed by atoms with Gasteiger partial charge in [-0.2, -0.15) is 0 Å². The highest BCUT2D eigenvalue weighted by Gasteiger charge is 2.16. The summed E-state index contributed by atoms with van der Waals surface area (Å²) in [5.74, 6) is 1.44. The molecular weight excluding hydrogens is 276 g/mol. The molecule has 0 saturated carbocycles. The number of aryl methyl sites for hydroxylation is 2. The highest BCUT2D eigenvalue weighted by molar-refractivity contribution is 6.33. The molecule has 106 valence electrons. The minimum Gasteiger partial charge on any atom is -0.466 e. The summed E-state index contributed by atoms with van der Waals surface area (Å²) in [4.78, 5) is 12.2. The van der Waals surface area contributed by atoms with Crippen molar-refractivity contribution in [2.24, 2.45) is 0 Å². The van der Waals surface area contributed by atoms with Gasteiger partial charge in [0.05, 0.1) is 16.8 Å². The molecule has 2 aromatic rings. The van der Waals surface area contributed by atoms with Crippen molar-refractivity contribution in [1.29, 1.82) is 0 Å². The average Bonchev–Trinajstić information content (AvgIpc) is 2.71. The van der Waals surface area contributed by atoms with Crippen LogP contribution in [0.3, 0.4) is 0 Å². The fourth-order valence-corrected chi connectivity index (χ4v) is 2.24. The van der Waals surface area contributed by atoms with Crippen LogP contribution < -0.4 is 11.1 Å². The number of rotatable bonds is 3. The lowest BCUT2D eigenvalue weighted by Crippen LogP contribution is -2.26. The number of amides is 1. The summed E-state index contributed by atoms with van der Waals surface area (Å²) in [6, 6.07) is 6.61. The predicted octanol–water partition coefficient (Wildman–Crippen LogP) is 3.62. The van der Waals surface area contributed by atoms with Gasteiger partial charge in [0.15, 0.2) is 0 Å². The zero-order valence-electron chi connectivity index (χ0n) is 11.7. The van der Waals surface area contributed by atoms with Crippen LogP contribution in [0.1, 0.15) is 40.4 Å². The average molecular weight is 293 g/mol. The van der Waals surface area contributed by atoms with Crippen LogP contribution in [0.2, 0.25) is 5.02 Å². The Hall–Kier alpha value is -1.94. The summed E-state index contributed by atoms with van der Waals surface area (Å²) < 4.78 is 5.47. The highest BCUT2D eigenvalue weighted by atomic mass is 35.5. The Morgan fingerprint density at radius 1 is 1.35 bits per heavy atom.